The van der Waals surface area contributed by atoms with Crippen LogP contribution in [0.3, 0.4) is 0 Å². The van der Waals surface area contributed by atoms with Gasteiger partial charge in [0, 0.05) is 25.6 Å². The van der Waals surface area contributed by atoms with Crippen LogP contribution < -0.4 is 10.6 Å². The van der Waals surface area contributed by atoms with Gasteiger partial charge in [-0.25, -0.2) is 12.8 Å². The number of nitrogens with one attached hydrogen (secondary N) is 2. The molecule has 10 heteroatoms. The number of hydrogen-bond donors (Lipinski definition) is 3. The monoisotopic (exact) mass is 401 g/mol. The van der Waals surface area contributed by atoms with Crippen LogP contribution in [0.2, 0.25) is 0 Å². The second-order valence-electron chi connectivity index (χ2n) is 6.38. The lowest BCUT2D eigenvalue weighted by atomic mass is 9.97. The van der Waals surface area contributed by atoms with Gasteiger partial charge >= 0.3 is 0 Å². The van der Waals surface area contributed by atoms with E-state index < -0.39 is 33.7 Å². The molecule has 8 nitrogen and oxygen atoms in total. The molecule has 0 radical (unpaired) electrons. The second kappa shape index (κ2) is 9.25. The molecule has 1 aliphatic heterocycles. The van der Waals surface area contributed by atoms with E-state index in [-0.39, 0.29) is 37.0 Å². The number of sulfonamides is 1. The first kappa shape index (κ1) is 21.3. The Hall–Kier alpha value is -2.04. The molecule has 1 unspecified atom stereocenters. The molecule has 1 heterocycles. The molecule has 2 rings (SSSR count). The molecule has 0 saturated carbocycles. The maximum Gasteiger partial charge on any atom is 0.243 e. The summed E-state index contributed by atoms with van der Waals surface area (Å²) >= 11 is 0. The Morgan fingerprint density at radius 1 is 1.26 bits per heavy atom. The zero-order valence-electron chi connectivity index (χ0n) is 15.0. The third kappa shape index (κ3) is 5.47. The Balaban J connectivity index is 1.89. The van der Waals surface area contributed by atoms with Crippen molar-refractivity contribution in [1.29, 1.82) is 0 Å². The fourth-order valence-electron chi connectivity index (χ4n) is 2.84. The number of rotatable bonds is 7. The summed E-state index contributed by atoms with van der Waals surface area (Å²) < 4.78 is 39.4. The lowest BCUT2D eigenvalue weighted by Gasteiger charge is -2.31. The van der Waals surface area contributed by atoms with E-state index in [0.29, 0.717) is 12.8 Å². The van der Waals surface area contributed by atoms with Gasteiger partial charge in [0.25, 0.3) is 0 Å². The number of aliphatic hydroxyl groups excluding tert-OH is 1. The molecule has 27 heavy (non-hydrogen) atoms. The van der Waals surface area contributed by atoms with Gasteiger partial charge in [-0.2, -0.15) is 4.31 Å². The summed E-state index contributed by atoms with van der Waals surface area (Å²) in [6.45, 7) is 1.80. The molecule has 1 aromatic carbocycles. The van der Waals surface area contributed by atoms with Crippen molar-refractivity contribution < 1.29 is 27.5 Å². The third-order valence-corrected chi connectivity index (χ3v) is 6.35. The molecule has 1 aromatic rings. The summed E-state index contributed by atoms with van der Waals surface area (Å²) in [4.78, 5) is 24.0. The highest BCUT2D eigenvalue weighted by molar-refractivity contribution is 7.89. The molecule has 0 bridgehead atoms. The summed E-state index contributed by atoms with van der Waals surface area (Å²) in [5.41, 5.74) is 0. The van der Waals surface area contributed by atoms with Crippen molar-refractivity contribution in [3.8, 4) is 0 Å². The average Bonchev–Trinajstić information content (AvgIpc) is 2.66. The van der Waals surface area contributed by atoms with Crippen LogP contribution >= 0.6 is 0 Å². The fraction of sp³-hybridized carbons (Fsp3) is 0.529. The minimum Gasteiger partial charge on any atom is -0.395 e. The van der Waals surface area contributed by atoms with E-state index in [2.05, 4.69) is 10.6 Å². The van der Waals surface area contributed by atoms with Crippen LogP contribution in [0, 0.1) is 11.7 Å². The van der Waals surface area contributed by atoms with Crippen LogP contribution in [0.15, 0.2) is 29.2 Å². The molecule has 0 aromatic heterocycles. The SMILES string of the molecule is CC(NC(=O)C1CCN(S(=O)(=O)c2ccc(F)cc2)CC1)C(=O)NCCO. The normalized spacial score (nSPS) is 17.3. The fourth-order valence-corrected chi connectivity index (χ4v) is 4.31. The molecular formula is C17H24FN3O5S. The van der Waals surface area contributed by atoms with Crippen molar-refractivity contribution in [2.45, 2.75) is 30.7 Å². The van der Waals surface area contributed by atoms with E-state index in [9.17, 15) is 22.4 Å². The summed E-state index contributed by atoms with van der Waals surface area (Å²) in [5, 5.41) is 13.8. The number of nitrogens with zero attached hydrogens (tertiary/aromatic N) is 1. The maximum atomic E-state index is 13.0. The molecule has 1 saturated heterocycles. The van der Waals surface area contributed by atoms with Crippen LogP contribution in [0.4, 0.5) is 4.39 Å². The van der Waals surface area contributed by atoms with Crippen molar-refractivity contribution in [3.05, 3.63) is 30.1 Å². The number of carbonyl (C=O) groups is 2. The molecule has 0 spiro atoms. The minimum atomic E-state index is -3.73. The molecule has 1 aliphatic rings. The topological polar surface area (TPSA) is 116 Å². The molecule has 3 N–H and O–H groups in total. The van der Waals surface area contributed by atoms with Gasteiger partial charge in [-0.1, -0.05) is 0 Å². The number of piperidine rings is 1. The third-order valence-electron chi connectivity index (χ3n) is 4.44. The smallest absolute Gasteiger partial charge is 0.243 e. The first-order chi connectivity index (χ1) is 12.8. The highest BCUT2D eigenvalue weighted by atomic mass is 32.2. The van der Waals surface area contributed by atoms with E-state index in [1.54, 1.807) is 6.92 Å². The van der Waals surface area contributed by atoms with Gasteiger partial charge in [0.2, 0.25) is 21.8 Å². The standard InChI is InChI=1S/C17H24FN3O5S/c1-12(16(23)19-8-11-22)20-17(24)13-6-9-21(10-7-13)27(25,26)15-4-2-14(18)3-5-15/h2-5,12-13,22H,6-11H2,1H3,(H,19,23)(H,20,24). The molecule has 0 aliphatic carbocycles. The van der Waals surface area contributed by atoms with Gasteiger partial charge in [0.1, 0.15) is 11.9 Å². The Labute approximate surface area is 157 Å². The van der Waals surface area contributed by atoms with Gasteiger partial charge in [-0.05, 0) is 44.0 Å². The van der Waals surface area contributed by atoms with Gasteiger partial charge in [0.05, 0.1) is 11.5 Å². The van der Waals surface area contributed by atoms with E-state index in [4.69, 9.17) is 5.11 Å². The van der Waals surface area contributed by atoms with Crippen molar-refractivity contribution in [2.75, 3.05) is 26.2 Å². The Morgan fingerprint density at radius 3 is 2.41 bits per heavy atom. The van der Waals surface area contributed by atoms with Gasteiger partial charge in [-0.3, -0.25) is 9.59 Å². The van der Waals surface area contributed by atoms with Crippen molar-refractivity contribution in [1.82, 2.24) is 14.9 Å². The van der Waals surface area contributed by atoms with Crippen molar-refractivity contribution in [3.63, 3.8) is 0 Å². The Bertz CT molecular complexity index is 761. The number of benzene rings is 1. The summed E-state index contributed by atoms with van der Waals surface area (Å²) in [6, 6.07) is 3.88. The number of amides is 2. The van der Waals surface area contributed by atoms with Crippen molar-refractivity contribution >= 4 is 21.8 Å². The largest absolute Gasteiger partial charge is 0.395 e. The van der Waals surface area contributed by atoms with E-state index in [1.165, 1.54) is 16.4 Å². The van der Waals surface area contributed by atoms with Crippen LogP contribution in [0.1, 0.15) is 19.8 Å². The molecular weight excluding hydrogens is 377 g/mol. The van der Waals surface area contributed by atoms with Gasteiger partial charge in [0.15, 0.2) is 0 Å². The Kier molecular flexibility index (Phi) is 7.28. The number of carbonyl (C=O) groups excluding carboxylic acids is 2. The zero-order chi connectivity index (χ0) is 20.0. The summed E-state index contributed by atoms with van der Waals surface area (Å²) in [6.07, 6.45) is 0.661. The van der Waals surface area contributed by atoms with Gasteiger partial charge in [-0.15, -0.1) is 0 Å². The van der Waals surface area contributed by atoms with Crippen LogP contribution in [0.25, 0.3) is 0 Å². The lowest BCUT2D eigenvalue weighted by Crippen LogP contribution is -2.49. The maximum absolute atomic E-state index is 13.0. The first-order valence-electron chi connectivity index (χ1n) is 8.70. The van der Waals surface area contributed by atoms with Crippen molar-refractivity contribution in [2.24, 2.45) is 5.92 Å². The van der Waals surface area contributed by atoms with E-state index in [0.717, 1.165) is 12.1 Å². The van der Waals surface area contributed by atoms with Gasteiger partial charge < -0.3 is 15.7 Å². The number of halogens is 1. The number of hydrogen-bond acceptors (Lipinski definition) is 5. The summed E-state index contributed by atoms with van der Waals surface area (Å²) in [5.74, 6) is -1.60. The molecule has 2 amide bonds. The predicted octanol–water partition coefficient (Wildman–Crippen LogP) is -0.160. The quantitative estimate of drug-likeness (QED) is 0.587. The molecule has 1 fully saturated rings. The molecule has 150 valence electrons. The van der Waals surface area contributed by atoms with Crippen LogP contribution in [-0.2, 0) is 19.6 Å². The highest BCUT2D eigenvalue weighted by Crippen LogP contribution is 2.24. The van der Waals surface area contributed by atoms with E-state index >= 15 is 0 Å². The number of aliphatic hydroxyl groups is 1. The van der Waals surface area contributed by atoms with Crippen LogP contribution in [0.5, 0.6) is 0 Å². The zero-order valence-corrected chi connectivity index (χ0v) is 15.8. The van der Waals surface area contributed by atoms with Crippen LogP contribution in [-0.4, -0.2) is 61.9 Å². The molecule has 1 atom stereocenters. The minimum absolute atomic E-state index is 0.0148. The van der Waals surface area contributed by atoms with E-state index in [1.807, 2.05) is 0 Å². The highest BCUT2D eigenvalue weighted by Gasteiger charge is 2.32. The average molecular weight is 401 g/mol. The summed E-state index contributed by atoms with van der Waals surface area (Å²) in [7, 11) is -3.73. The second-order valence-corrected chi connectivity index (χ2v) is 8.32. The predicted molar refractivity (Wildman–Crippen MR) is 95.6 cm³/mol. The Morgan fingerprint density at radius 2 is 1.85 bits per heavy atom. The first-order valence-corrected chi connectivity index (χ1v) is 10.1. The lowest BCUT2D eigenvalue weighted by molar-refractivity contribution is -0.131.